The smallest absolute Gasteiger partial charge is 0.267 e. The zero-order valence-corrected chi connectivity index (χ0v) is 17.6. The van der Waals surface area contributed by atoms with Gasteiger partial charge in [0.2, 0.25) is 10.0 Å². The van der Waals surface area contributed by atoms with Crippen molar-refractivity contribution in [3.8, 4) is 0 Å². The third-order valence-corrected chi connectivity index (χ3v) is 7.44. The molecule has 0 atom stereocenters. The van der Waals surface area contributed by atoms with Gasteiger partial charge >= 0.3 is 0 Å². The van der Waals surface area contributed by atoms with Crippen molar-refractivity contribution in [2.24, 2.45) is 0 Å². The number of carbonyl (C=O) groups excluding carboxylic acids is 1. The Labute approximate surface area is 168 Å². The van der Waals surface area contributed by atoms with Crippen LogP contribution in [0.15, 0.2) is 41.3 Å². The lowest BCUT2D eigenvalue weighted by Crippen LogP contribution is -2.34. The Morgan fingerprint density at radius 2 is 1.79 bits per heavy atom. The first-order valence-electron chi connectivity index (χ1n) is 7.98. The fourth-order valence-corrected chi connectivity index (χ4v) is 4.55. The number of hydrogen-bond acceptors (Lipinski definition) is 5. The van der Waals surface area contributed by atoms with Crippen LogP contribution in [0.4, 0.5) is 10.1 Å². The molecule has 0 aliphatic carbocycles. The molecule has 7 nitrogen and oxygen atoms in total. The van der Waals surface area contributed by atoms with E-state index in [0.29, 0.717) is 4.31 Å². The number of nitrogens with zero attached hydrogens (tertiary/aromatic N) is 1. The zero-order valence-electron chi connectivity index (χ0n) is 15.2. The number of amides is 1. The van der Waals surface area contributed by atoms with Crippen LogP contribution in [0, 0.1) is 12.7 Å². The second-order valence-corrected chi connectivity index (χ2v) is 10.3. The highest BCUT2D eigenvalue weighted by Crippen LogP contribution is 2.25. The molecule has 2 aromatic carbocycles. The number of nitrogens with one attached hydrogen (secondary N) is 1. The molecule has 0 aliphatic rings. The minimum atomic E-state index is -4.27. The van der Waals surface area contributed by atoms with Crippen LogP contribution in [0.5, 0.6) is 0 Å². The molecule has 2 aromatic rings. The number of sulfonamides is 2. The Bertz CT molecular complexity index is 1130. The van der Waals surface area contributed by atoms with E-state index in [1.807, 2.05) is 0 Å². The molecule has 28 heavy (non-hydrogen) atoms. The summed E-state index contributed by atoms with van der Waals surface area (Å²) in [7, 11) is -6.99. The summed E-state index contributed by atoms with van der Waals surface area (Å²) in [5.41, 5.74) is -0.209. The number of aryl methyl sites for hydroxylation is 1. The van der Waals surface area contributed by atoms with Gasteiger partial charge in [0, 0.05) is 17.6 Å². The first kappa shape index (κ1) is 22.1. The topological polar surface area (TPSA) is 101 Å². The van der Waals surface area contributed by atoms with E-state index < -0.39 is 31.8 Å². The van der Waals surface area contributed by atoms with Crippen LogP contribution in [0.2, 0.25) is 5.02 Å². The molecule has 2 rings (SSSR count). The summed E-state index contributed by atoms with van der Waals surface area (Å²) in [6, 6.07) is 7.12. The van der Waals surface area contributed by atoms with Crippen molar-refractivity contribution < 1.29 is 26.0 Å². The summed E-state index contributed by atoms with van der Waals surface area (Å²) in [6.07, 6.45) is 0. The summed E-state index contributed by atoms with van der Waals surface area (Å²) >= 11 is 5.77. The van der Waals surface area contributed by atoms with E-state index in [1.165, 1.54) is 32.0 Å². The summed E-state index contributed by atoms with van der Waals surface area (Å²) in [5.74, 6) is -2.00. The average molecular weight is 449 g/mol. The largest absolute Gasteiger partial charge is 0.277 e. The van der Waals surface area contributed by atoms with Gasteiger partial charge in [-0.3, -0.25) is 9.52 Å². The number of rotatable bonds is 6. The summed E-state index contributed by atoms with van der Waals surface area (Å²) in [6.45, 7) is 2.87. The molecule has 0 unspecified atom stereocenters. The van der Waals surface area contributed by atoms with E-state index in [0.717, 1.165) is 25.2 Å². The molecule has 0 saturated carbocycles. The molecule has 0 fully saturated rings. The summed E-state index contributed by atoms with van der Waals surface area (Å²) < 4.78 is 65.8. The van der Waals surface area contributed by atoms with E-state index in [-0.39, 0.29) is 32.5 Å². The van der Waals surface area contributed by atoms with E-state index in [4.69, 9.17) is 11.6 Å². The van der Waals surface area contributed by atoms with Crippen LogP contribution in [0.3, 0.4) is 0 Å². The van der Waals surface area contributed by atoms with Crippen LogP contribution in [-0.2, 0) is 20.0 Å². The number of hydrogen-bond donors (Lipinski definition) is 1. The van der Waals surface area contributed by atoms with Crippen LogP contribution in [0.1, 0.15) is 22.8 Å². The third-order valence-electron chi connectivity index (χ3n) is 3.97. The average Bonchev–Trinajstić information content (AvgIpc) is 2.63. The van der Waals surface area contributed by atoms with Gasteiger partial charge in [-0.15, -0.1) is 0 Å². The highest BCUT2D eigenvalue weighted by Gasteiger charge is 2.25. The fraction of sp³-hybridized carbons (Fsp3) is 0.235. The minimum absolute atomic E-state index is 0.131. The van der Waals surface area contributed by atoms with Crippen LogP contribution in [-0.4, -0.2) is 39.8 Å². The Morgan fingerprint density at radius 1 is 1.14 bits per heavy atom. The van der Waals surface area contributed by atoms with Gasteiger partial charge in [0.25, 0.3) is 15.9 Å². The molecule has 152 valence electrons. The number of halogens is 2. The lowest BCUT2D eigenvalue weighted by molar-refractivity contribution is 0.0883. The molecular formula is C17H18ClFN2O5S2. The zero-order chi connectivity index (χ0) is 21.3. The van der Waals surface area contributed by atoms with Crippen LogP contribution >= 0.6 is 11.6 Å². The molecule has 0 bridgehead atoms. The Balaban J connectivity index is 2.47. The molecule has 0 spiro atoms. The summed E-state index contributed by atoms with van der Waals surface area (Å²) in [4.78, 5) is 12.2. The maximum absolute atomic E-state index is 13.9. The highest BCUT2D eigenvalue weighted by molar-refractivity contribution is 7.92. The van der Waals surface area contributed by atoms with Crippen molar-refractivity contribution in [2.75, 3.05) is 17.5 Å². The van der Waals surface area contributed by atoms with Gasteiger partial charge in [-0.1, -0.05) is 17.7 Å². The van der Waals surface area contributed by atoms with E-state index in [9.17, 15) is 26.0 Å². The molecule has 1 amide bonds. The second-order valence-electron chi connectivity index (χ2n) is 5.88. The standard InChI is InChI=1S/C17H18ClFN2O5S2/c1-4-27(23,24)21(3)17(22)12-6-5-11(2)16(9-12)28(25,26)20-15-10-13(18)7-8-14(15)19/h5-10,20H,4H2,1-3H3. The first-order chi connectivity index (χ1) is 12.9. The van der Waals surface area contributed by atoms with Crippen LogP contribution in [0.25, 0.3) is 0 Å². The van der Waals surface area contributed by atoms with Crippen LogP contribution < -0.4 is 4.72 Å². The van der Waals surface area contributed by atoms with Gasteiger partial charge in [-0.05, 0) is 49.7 Å². The monoisotopic (exact) mass is 448 g/mol. The predicted molar refractivity (Wildman–Crippen MR) is 105 cm³/mol. The third kappa shape index (κ3) is 4.62. The van der Waals surface area contributed by atoms with Gasteiger partial charge in [-0.25, -0.2) is 25.5 Å². The molecule has 0 saturated heterocycles. The summed E-state index contributed by atoms with van der Waals surface area (Å²) in [5, 5.41) is 0.131. The van der Waals surface area contributed by atoms with Crippen molar-refractivity contribution >= 4 is 43.2 Å². The van der Waals surface area contributed by atoms with Crippen molar-refractivity contribution in [3.63, 3.8) is 0 Å². The van der Waals surface area contributed by atoms with Gasteiger partial charge in [0.1, 0.15) is 5.82 Å². The van der Waals surface area contributed by atoms with Gasteiger partial charge in [-0.2, -0.15) is 0 Å². The normalized spacial score (nSPS) is 11.9. The van der Waals surface area contributed by atoms with Crippen molar-refractivity contribution in [1.82, 2.24) is 4.31 Å². The molecule has 1 N–H and O–H groups in total. The lowest BCUT2D eigenvalue weighted by Gasteiger charge is -2.17. The molecule has 0 aromatic heterocycles. The van der Waals surface area contributed by atoms with Gasteiger partial charge in [0.15, 0.2) is 0 Å². The van der Waals surface area contributed by atoms with E-state index >= 15 is 0 Å². The minimum Gasteiger partial charge on any atom is -0.277 e. The SMILES string of the molecule is CCS(=O)(=O)N(C)C(=O)c1ccc(C)c(S(=O)(=O)Nc2cc(Cl)ccc2F)c1. The van der Waals surface area contributed by atoms with Crippen molar-refractivity contribution in [1.29, 1.82) is 0 Å². The maximum atomic E-state index is 13.9. The molecular weight excluding hydrogens is 431 g/mol. The number of benzene rings is 2. The van der Waals surface area contributed by atoms with Crippen molar-refractivity contribution in [2.45, 2.75) is 18.7 Å². The van der Waals surface area contributed by atoms with Gasteiger partial charge in [0.05, 0.1) is 16.3 Å². The van der Waals surface area contributed by atoms with Crippen molar-refractivity contribution in [3.05, 3.63) is 58.4 Å². The number of anilines is 1. The van der Waals surface area contributed by atoms with E-state index in [1.54, 1.807) is 0 Å². The fourth-order valence-electron chi connectivity index (χ4n) is 2.30. The highest BCUT2D eigenvalue weighted by atomic mass is 35.5. The molecule has 0 aliphatic heterocycles. The first-order valence-corrected chi connectivity index (χ1v) is 11.5. The van der Waals surface area contributed by atoms with Gasteiger partial charge < -0.3 is 0 Å². The Kier molecular flexibility index (Phi) is 6.37. The predicted octanol–water partition coefficient (Wildman–Crippen LogP) is 3.01. The Hall–Kier alpha value is -2.17. The Morgan fingerprint density at radius 3 is 2.39 bits per heavy atom. The lowest BCUT2D eigenvalue weighted by atomic mass is 10.1. The quantitative estimate of drug-likeness (QED) is 0.732. The maximum Gasteiger partial charge on any atom is 0.267 e. The second kappa shape index (κ2) is 8.06. The number of carbonyl (C=O) groups is 1. The molecule has 0 heterocycles. The molecule has 11 heteroatoms. The molecule has 0 radical (unpaired) electrons. The van der Waals surface area contributed by atoms with E-state index in [2.05, 4.69) is 4.72 Å².